The van der Waals surface area contributed by atoms with Gasteiger partial charge in [0.2, 0.25) is 5.91 Å². The maximum Gasteiger partial charge on any atom is 0.287 e. The van der Waals surface area contributed by atoms with Crippen molar-refractivity contribution >= 4 is 11.8 Å². The van der Waals surface area contributed by atoms with Crippen molar-refractivity contribution in [1.82, 2.24) is 10.6 Å². The highest BCUT2D eigenvalue weighted by molar-refractivity contribution is 5.91. The van der Waals surface area contributed by atoms with Crippen LogP contribution < -0.4 is 10.6 Å². The highest BCUT2D eigenvalue weighted by Crippen LogP contribution is 2.63. The Hall–Kier alpha value is -1.86. The molecule has 7 nitrogen and oxygen atoms in total. The van der Waals surface area contributed by atoms with E-state index in [1.807, 2.05) is 6.92 Å². The third-order valence-electron chi connectivity index (χ3n) is 7.33. The Balaban J connectivity index is 1.81. The number of amides is 2. The van der Waals surface area contributed by atoms with Crippen LogP contribution in [0.15, 0.2) is 22.8 Å². The molecular weight excluding hydrogens is 384 g/mol. The number of nitrogens with one attached hydrogen (secondary N) is 2. The maximum absolute atomic E-state index is 12.8. The number of fused-ring (bicyclic) bond motifs is 1. The molecule has 1 aromatic rings. The van der Waals surface area contributed by atoms with Gasteiger partial charge < -0.3 is 24.9 Å². The molecule has 168 valence electrons. The normalized spacial score (nSPS) is 32.4. The molecule has 0 radical (unpaired) electrons. The van der Waals surface area contributed by atoms with Gasteiger partial charge in [0, 0.05) is 26.1 Å². The van der Waals surface area contributed by atoms with Gasteiger partial charge in [-0.05, 0) is 67.9 Å². The van der Waals surface area contributed by atoms with Gasteiger partial charge in [-0.3, -0.25) is 9.59 Å². The molecule has 1 aromatic heterocycles. The van der Waals surface area contributed by atoms with Crippen LogP contribution in [0.1, 0.15) is 69.9 Å². The summed E-state index contributed by atoms with van der Waals surface area (Å²) in [5, 5.41) is 16.9. The third kappa shape index (κ3) is 4.72. The van der Waals surface area contributed by atoms with Gasteiger partial charge in [0.1, 0.15) is 0 Å². The van der Waals surface area contributed by atoms with Gasteiger partial charge in [-0.2, -0.15) is 0 Å². The lowest BCUT2D eigenvalue weighted by Gasteiger charge is -2.50. The predicted molar refractivity (Wildman–Crippen MR) is 113 cm³/mol. The zero-order valence-electron chi connectivity index (χ0n) is 18.6. The number of furan rings is 1. The second kappa shape index (κ2) is 8.71. The number of hydrogen-bond donors (Lipinski definition) is 3. The van der Waals surface area contributed by atoms with Gasteiger partial charge in [0.25, 0.3) is 5.91 Å². The van der Waals surface area contributed by atoms with Crippen molar-refractivity contribution < 1.29 is 23.8 Å². The Kier molecular flexibility index (Phi) is 6.63. The monoisotopic (exact) mass is 420 g/mol. The number of hydrogen-bond acceptors (Lipinski definition) is 5. The van der Waals surface area contributed by atoms with Crippen molar-refractivity contribution in [2.75, 3.05) is 20.3 Å². The van der Waals surface area contributed by atoms with E-state index in [4.69, 9.17) is 9.15 Å². The zero-order valence-corrected chi connectivity index (χ0v) is 18.6. The summed E-state index contributed by atoms with van der Waals surface area (Å²) in [7, 11) is 1.61. The molecule has 0 spiro atoms. The molecule has 0 aliphatic heterocycles. The van der Waals surface area contributed by atoms with Gasteiger partial charge >= 0.3 is 0 Å². The molecule has 0 bridgehead atoms. The summed E-state index contributed by atoms with van der Waals surface area (Å²) in [5.41, 5.74) is -1.00. The highest BCUT2D eigenvalue weighted by Gasteiger charge is 2.61. The fourth-order valence-corrected chi connectivity index (χ4v) is 5.80. The molecule has 0 aromatic carbocycles. The fraction of sp³-hybridized carbons (Fsp3) is 0.739. The van der Waals surface area contributed by atoms with Gasteiger partial charge in [0.15, 0.2) is 5.76 Å². The van der Waals surface area contributed by atoms with Gasteiger partial charge in [-0.15, -0.1) is 0 Å². The maximum atomic E-state index is 12.8. The third-order valence-corrected chi connectivity index (χ3v) is 7.33. The van der Waals surface area contributed by atoms with Crippen LogP contribution in [0.4, 0.5) is 0 Å². The SMILES string of the molecule is COCCNC(=O)CC[C@]12CC[C@](C)(O)C[C@H]1C(C)(C)C[C@@H]2NC(=O)c1ccco1. The molecule has 4 atom stereocenters. The summed E-state index contributed by atoms with van der Waals surface area (Å²) in [4.78, 5) is 25.2. The topological polar surface area (TPSA) is 101 Å². The smallest absolute Gasteiger partial charge is 0.287 e. The molecule has 3 rings (SSSR count). The molecule has 2 aliphatic carbocycles. The molecule has 2 fully saturated rings. The van der Waals surface area contributed by atoms with Crippen molar-refractivity contribution in [1.29, 1.82) is 0 Å². The van der Waals surface area contributed by atoms with Crippen LogP contribution >= 0.6 is 0 Å². The average Bonchev–Trinajstić information content (AvgIpc) is 3.27. The largest absolute Gasteiger partial charge is 0.459 e. The molecule has 1 heterocycles. The molecule has 0 saturated heterocycles. The predicted octanol–water partition coefficient (Wildman–Crippen LogP) is 2.89. The first-order valence-corrected chi connectivity index (χ1v) is 10.9. The minimum atomic E-state index is -0.716. The lowest BCUT2D eigenvalue weighted by molar-refractivity contribution is -0.123. The summed E-state index contributed by atoms with van der Waals surface area (Å²) in [6, 6.07) is 3.29. The number of aliphatic hydroxyl groups is 1. The number of carbonyl (C=O) groups excluding carboxylic acids is 2. The van der Waals surface area contributed by atoms with Crippen molar-refractivity contribution in [2.45, 2.75) is 70.9 Å². The Bertz CT molecular complexity index is 743. The summed E-state index contributed by atoms with van der Waals surface area (Å²) in [5.74, 6) is 0.287. The van der Waals surface area contributed by atoms with Crippen LogP contribution in [0.25, 0.3) is 0 Å². The molecule has 3 N–H and O–H groups in total. The standard InChI is InChI=1S/C23H36N2O5/c1-21(2)15-18(25-20(27)16-6-5-12-30-16)23(8-7-19(26)24-11-13-29-4)10-9-22(3,28)14-17(21)23/h5-6,12,17-18,28H,7-11,13-15H2,1-4H3,(H,24,26)(H,25,27)/t17-,18-,22-,23-/m0/s1. The average molecular weight is 421 g/mol. The van der Waals surface area contributed by atoms with Crippen LogP contribution in [0, 0.1) is 16.7 Å². The van der Waals surface area contributed by atoms with Crippen molar-refractivity contribution in [3.8, 4) is 0 Å². The number of ether oxygens (including phenoxy) is 1. The lowest BCUT2D eigenvalue weighted by Crippen LogP contribution is -2.52. The highest BCUT2D eigenvalue weighted by atomic mass is 16.5. The van der Waals surface area contributed by atoms with Crippen LogP contribution in [0.3, 0.4) is 0 Å². The minimum absolute atomic E-state index is 0.00155. The van der Waals surface area contributed by atoms with E-state index in [-0.39, 0.29) is 34.6 Å². The van der Waals surface area contributed by atoms with E-state index in [0.29, 0.717) is 44.6 Å². The first-order valence-electron chi connectivity index (χ1n) is 10.9. The van der Waals surface area contributed by atoms with Crippen LogP contribution in [-0.4, -0.2) is 48.8 Å². The Labute approximate surface area is 178 Å². The number of carbonyl (C=O) groups is 2. The Morgan fingerprint density at radius 1 is 1.27 bits per heavy atom. The molecule has 30 heavy (non-hydrogen) atoms. The second-order valence-corrected chi connectivity index (χ2v) is 10.0. The van der Waals surface area contributed by atoms with E-state index < -0.39 is 5.60 Å². The van der Waals surface area contributed by atoms with Gasteiger partial charge in [-0.25, -0.2) is 0 Å². The van der Waals surface area contributed by atoms with Crippen molar-refractivity contribution in [3.63, 3.8) is 0 Å². The van der Waals surface area contributed by atoms with Gasteiger partial charge in [-0.1, -0.05) is 13.8 Å². The van der Waals surface area contributed by atoms with E-state index in [9.17, 15) is 14.7 Å². The Morgan fingerprint density at radius 2 is 2.03 bits per heavy atom. The second-order valence-electron chi connectivity index (χ2n) is 10.0. The Morgan fingerprint density at radius 3 is 2.70 bits per heavy atom. The lowest BCUT2D eigenvalue weighted by atomic mass is 9.57. The number of rotatable bonds is 8. The van der Waals surface area contributed by atoms with E-state index in [2.05, 4.69) is 24.5 Å². The van der Waals surface area contributed by atoms with Crippen LogP contribution in [0.2, 0.25) is 0 Å². The van der Waals surface area contributed by atoms with Crippen LogP contribution in [-0.2, 0) is 9.53 Å². The van der Waals surface area contributed by atoms with E-state index in [1.165, 1.54) is 6.26 Å². The first-order chi connectivity index (χ1) is 14.1. The van der Waals surface area contributed by atoms with E-state index in [0.717, 1.165) is 12.8 Å². The fourth-order valence-electron chi connectivity index (χ4n) is 5.80. The zero-order chi connectivity index (χ0) is 22.0. The van der Waals surface area contributed by atoms with Crippen molar-refractivity contribution in [3.05, 3.63) is 24.2 Å². The molecule has 0 unspecified atom stereocenters. The van der Waals surface area contributed by atoms with Crippen LogP contribution in [0.5, 0.6) is 0 Å². The van der Waals surface area contributed by atoms with Crippen molar-refractivity contribution in [2.24, 2.45) is 16.7 Å². The summed E-state index contributed by atoms with van der Waals surface area (Å²) in [6.07, 6.45) is 5.50. The molecule has 2 amide bonds. The molecule has 2 saturated carbocycles. The van der Waals surface area contributed by atoms with E-state index in [1.54, 1.807) is 19.2 Å². The first kappa shape index (κ1) is 22.8. The molecule has 2 aliphatic rings. The number of methoxy groups -OCH3 is 1. The van der Waals surface area contributed by atoms with E-state index >= 15 is 0 Å². The summed E-state index contributed by atoms with van der Waals surface area (Å²) in [6.45, 7) is 7.30. The van der Waals surface area contributed by atoms with Gasteiger partial charge in [0.05, 0.1) is 18.5 Å². The molecular formula is C23H36N2O5. The summed E-state index contributed by atoms with van der Waals surface area (Å²) < 4.78 is 10.3. The quantitative estimate of drug-likeness (QED) is 0.562. The molecule has 7 heteroatoms. The summed E-state index contributed by atoms with van der Waals surface area (Å²) >= 11 is 0. The minimum Gasteiger partial charge on any atom is -0.459 e.